The molecule has 172 valence electrons. The first-order valence-electron chi connectivity index (χ1n) is 10.9. The van der Waals surface area contributed by atoms with E-state index in [2.05, 4.69) is 10.6 Å². The maximum Gasteiger partial charge on any atom is 0.255 e. The summed E-state index contributed by atoms with van der Waals surface area (Å²) < 4.78 is 5.40. The normalized spacial score (nSPS) is 10.6. The van der Waals surface area contributed by atoms with Crippen LogP contribution in [0.25, 0.3) is 10.8 Å². The van der Waals surface area contributed by atoms with E-state index < -0.39 is 5.91 Å². The summed E-state index contributed by atoms with van der Waals surface area (Å²) in [6, 6.07) is 23.9. The number of hydrogen-bond donors (Lipinski definition) is 2. The summed E-state index contributed by atoms with van der Waals surface area (Å²) in [6.07, 6.45) is 1.52. The van der Waals surface area contributed by atoms with Gasteiger partial charge in [0.25, 0.3) is 5.91 Å². The van der Waals surface area contributed by atoms with Crippen LogP contribution in [0.2, 0.25) is 0 Å². The minimum absolute atomic E-state index is 0.123. The van der Waals surface area contributed by atoms with Crippen LogP contribution in [-0.2, 0) is 16.1 Å². The summed E-state index contributed by atoms with van der Waals surface area (Å²) in [5.74, 6) is -0.539. The maximum atomic E-state index is 13.5. The van der Waals surface area contributed by atoms with E-state index in [4.69, 9.17) is 4.42 Å². The Bertz CT molecular complexity index is 1310. The fraction of sp³-hybridized carbons (Fsp3) is 0.148. The molecule has 0 aliphatic carbocycles. The van der Waals surface area contributed by atoms with Gasteiger partial charge in [-0.1, -0.05) is 48.5 Å². The third-order valence-electron chi connectivity index (χ3n) is 5.32. The first-order chi connectivity index (χ1) is 16.5. The van der Waals surface area contributed by atoms with E-state index in [-0.39, 0.29) is 31.4 Å². The number of anilines is 1. The van der Waals surface area contributed by atoms with Gasteiger partial charge in [-0.25, -0.2) is 0 Å². The van der Waals surface area contributed by atoms with E-state index in [1.54, 1.807) is 24.3 Å². The van der Waals surface area contributed by atoms with Gasteiger partial charge in [-0.3, -0.25) is 14.4 Å². The third kappa shape index (κ3) is 5.69. The summed E-state index contributed by atoms with van der Waals surface area (Å²) in [6.45, 7) is 1.63. The number of amides is 3. The lowest BCUT2D eigenvalue weighted by Gasteiger charge is -2.22. The minimum Gasteiger partial charge on any atom is -0.467 e. The van der Waals surface area contributed by atoms with Crippen LogP contribution >= 0.6 is 0 Å². The molecule has 0 aliphatic heterocycles. The van der Waals surface area contributed by atoms with Crippen molar-refractivity contribution in [2.24, 2.45) is 0 Å². The Kier molecular flexibility index (Phi) is 7.03. The van der Waals surface area contributed by atoms with Crippen LogP contribution in [0, 0.1) is 6.92 Å². The zero-order valence-corrected chi connectivity index (χ0v) is 18.8. The number of benzene rings is 3. The number of furan rings is 1. The fourth-order valence-corrected chi connectivity index (χ4v) is 3.71. The van der Waals surface area contributed by atoms with Gasteiger partial charge in [0.15, 0.2) is 0 Å². The third-order valence-corrected chi connectivity index (χ3v) is 5.32. The van der Waals surface area contributed by atoms with Gasteiger partial charge in [0, 0.05) is 11.3 Å². The van der Waals surface area contributed by atoms with Crippen molar-refractivity contribution < 1.29 is 18.8 Å². The number of aryl methyl sites for hydroxylation is 1. The molecule has 0 saturated carbocycles. The van der Waals surface area contributed by atoms with E-state index in [9.17, 15) is 14.4 Å². The number of hydrogen-bond acceptors (Lipinski definition) is 4. The molecule has 0 unspecified atom stereocenters. The lowest BCUT2D eigenvalue weighted by atomic mass is 10.0. The Morgan fingerprint density at radius 1 is 0.882 bits per heavy atom. The molecule has 0 fully saturated rings. The van der Waals surface area contributed by atoms with Crippen LogP contribution < -0.4 is 10.6 Å². The zero-order valence-electron chi connectivity index (χ0n) is 18.8. The highest BCUT2D eigenvalue weighted by Crippen LogP contribution is 2.21. The zero-order chi connectivity index (χ0) is 23.9. The lowest BCUT2D eigenvalue weighted by molar-refractivity contribution is -0.124. The molecule has 4 rings (SSSR count). The highest BCUT2D eigenvalue weighted by atomic mass is 16.3. The molecule has 0 bridgehead atoms. The standard InChI is InChI=1S/C27H25N3O4/c1-19-7-4-10-21(15-19)29-25(31)16-28-26(32)18-30(17-22-11-6-14-34-22)27(33)24-13-5-9-20-8-2-3-12-23(20)24/h2-15H,16-18H2,1H3,(H,28,32)(H,29,31). The molecule has 4 aromatic rings. The molecule has 7 heteroatoms. The average Bonchev–Trinajstić information content (AvgIpc) is 3.35. The lowest BCUT2D eigenvalue weighted by Crippen LogP contribution is -2.42. The van der Waals surface area contributed by atoms with E-state index in [1.807, 2.05) is 61.5 Å². The van der Waals surface area contributed by atoms with E-state index in [0.717, 1.165) is 16.3 Å². The molecular formula is C27H25N3O4. The summed E-state index contributed by atoms with van der Waals surface area (Å²) in [7, 11) is 0. The minimum atomic E-state index is -0.445. The van der Waals surface area contributed by atoms with Crippen molar-refractivity contribution in [2.45, 2.75) is 13.5 Å². The first kappa shape index (κ1) is 22.8. The van der Waals surface area contributed by atoms with Crippen LogP contribution in [0.4, 0.5) is 5.69 Å². The topological polar surface area (TPSA) is 91.7 Å². The highest BCUT2D eigenvalue weighted by Gasteiger charge is 2.22. The molecule has 0 spiro atoms. The average molecular weight is 456 g/mol. The van der Waals surface area contributed by atoms with Gasteiger partial charge < -0.3 is 20.0 Å². The smallest absolute Gasteiger partial charge is 0.255 e. The maximum absolute atomic E-state index is 13.5. The SMILES string of the molecule is Cc1cccc(NC(=O)CNC(=O)CN(Cc2ccco2)C(=O)c2cccc3ccccc23)c1. The number of rotatable bonds is 8. The van der Waals surface area contributed by atoms with Crippen molar-refractivity contribution in [2.75, 3.05) is 18.4 Å². The van der Waals surface area contributed by atoms with Crippen LogP contribution in [-0.4, -0.2) is 35.7 Å². The second-order valence-corrected chi connectivity index (χ2v) is 7.96. The Morgan fingerprint density at radius 3 is 2.47 bits per heavy atom. The quantitative estimate of drug-likeness (QED) is 0.418. The molecule has 0 atom stereocenters. The molecule has 7 nitrogen and oxygen atoms in total. The Morgan fingerprint density at radius 2 is 1.68 bits per heavy atom. The summed E-state index contributed by atoms with van der Waals surface area (Å²) >= 11 is 0. The summed E-state index contributed by atoms with van der Waals surface area (Å²) in [5, 5.41) is 7.08. The predicted molar refractivity (Wildman–Crippen MR) is 130 cm³/mol. The van der Waals surface area contributed by atoms with E-state index in [1.165, 1.54) is 11.2 Å². The molecule has 3 amide bonds. The van der Waals surface area contributed by atoms with Gasteiger partial charge in [-0.15, -0.1) is 0 Å². The van der Waals surface area contributed by atoms with Crippen molar-refractivity contribution in [3.8, 4) is 0 Å². The summed E-state index contributed by atoms with van der Waals surface area (Å²) in [4.78, 5) is 39.8. The van der Waals surface area contributed by atoms with Gasteiger partial charge in [0.05, 0.1) is 19.4 Å². The van der Waals surface area contributed by atoms with Gasteiger partial charge >= 0.3 is 0 Å². The fourth-order valence-electron chi connectivity index (χ4n) is 3.71. The van der Waals surface area contributed by atoms with E-state index >= 15 is 0 Å². The number of carbonyl (C=O) groups is 3. The largest absolute Gasteiger partial charge is 0.467 e. The molecule has 0 aliphatic rings. The predicted octanol–water partition coefficient (Wildman–Crippen LogP) is 4.14. The molecule has 3 aromatic carbocycles. The molecular weight excluding hydrogens is 430 g/mol. The van der Waals surface area contributed by atoms with Crippen LogP contribution in [0.15, 0.2) is 89.5 Å². The van der Waals surface area contributed by atoms with Crippen LogP contribution in [0.5, 0.6) is 0 Å². The molecule has 0 saturated heterocycles. The Balaban J connectivity index is 1.45. The number of fused-ring (bicyclic) bond motifs is 1. The Hall–Kier alpha value is -4.39. The van der Waals surface area contributed by atoms with Gasteiger partial charge in [0.2, 0.25) is 11.8 Å². The summed E-state index contributed by atoms with van der Waals surface area (Å²) in [5.41, 5.74) is 2.17. The molecule has 0 radical (unpaired) electrons. The molecule has 1 aromatic heterocycles. The van der Waals surface area contributed by atoms with Crippen molar-refractivity contribution in [1.82, 2.24) is 10.2 Å². The van der Waals surface area contributed by atoms with Crippen molar-refractivity contribution in [3.63, 3.8) is 0 Å². The van der Waals surface area contributed by atoms with Gasteiger partial charge in [-0.05, 0) is 53.6 Å². The van der Waals surface area contributed by atoms with Crippen molar-refractivity contribution in [1.29, 1.82) is 0 Å². The van der Waals surface area contributed by atoms with Gasteiger partial charge in [0.1, 0.15) is 12.3 Å². The molecule has 34 heavy (non-hydrogen) atoms. The van der Waals surface area contributed by atoms with Crippen LogP contribution in [0.1, 0.15) is 21.7 Å². The van der Waals surface area contributed by atoms with E-state index in [0.29, 0.717) is 17.0 Å². The number of nitrogens with one attached hydrogen (secondary N) is 2. The van der Waals surface area contributed by atoms with Crippen molar-refractivity contribution in [3.05, 3.63) is 102 Å². The number of nitrogens with zero attached hydrogens (tertiary/aromatic N) is 1. The second-order valence-electron chi connectivity index (χ2n) is 7.96. The van der Waals surface area contributed by atoms with Gasteiger partial charge in [-0.2, -0.15) is 0 Å². The Labute approximate surface area is 197 Å². The van der Waals surface area contributed by atoms with Crippen molar-refractivity contribution >= 4 is 34.2 Å². The molecule has 2 N–H and O–H groups in total. The first-order valence-corrected chi connectivity index (χ1v) is 10.9. The number of carbonyl (C=O) groups excluding carboxylic acids is 3. The second kappa shape index (κ2) is 10.5. The van der Waals surface area contributed by atoms with Crippen LogP contribution in [0.3, 0.4) is 0 Å². The monoisotopic (exact) mass is 455 g/mol. The molecule has 1 heterocycles. The highest BCUT2D eigenvalue weighted by molar-refractivity contribution is 6.07.